The summed E-state index contributed by atoms with van der Waals surface area (Å²) >= 11 is 0. The van der Waals surface area contributed by atoms with Crippen LogP contribution in [0, 0.1) is 0 Å². The molecule has 2 aromatic heterocycles. The summed E-state index contributed by atoms with van der Waals surface area (Å²) in [6.45, 7) is 4.61. The molecule has 0 fully saturated rings. The summed E-state index contributed by atoms with van der Waals surface area (Å²) in [7, 11) is 0. The Labute approximate surface area is 364 Å². The van der Waals surface area contributed by atoms with Crippen LogP contribution < -0.4 is 4.90 Å². The van der Waals surface area contributed by atoms with E-state index in [2.05, 4.69) is 216 Å². The smallest absolute Gasteiger partial charge is 0.0629 e. The maximum Gasteiger partial charge on any atom is 0.0629 e. The van der Waals surface area contributed by atoms with Gasteiger partial charge in [0, 0.05) is 55.4 Å². The molecule has 0 radical (unpaired) electrons. The van der Waals surface area contributed by atoms with Crippen molar-refractivity contribution in [3.05, 3.63) is 235 Å². The molecule has 62 heavy (non-hydrogen) atoms. The summed E-state index contributed by atoms with van der Waals surface area (Å²) in [5, 5.41) is 4.84. The fraction of sp³-hybridized carbons (Fsp3) is 0.0508. The minimum atomic E-state index is -0.356. The molecule has 12 rings (SSSR count). The average molecular weight is 796 g/mol. The first kappa shape index (κ1) is 33.9. The predicted molar refractivity (Wildman–Crippen MR) is 263 cm³/mol. The van der Waals surface area contributed by atoms with Crippen molar-refractivity contribution in [2.24, 2.45) is 0 Å². The molecule has 11 aromatic rings. The summed E-state index contributed by atoms with van der Waals surface area (Å²) in [6, 6.07) is 75.0. The quantitative estimate of drug-likeness (QED) is 0.146. The zero-order valence-corrected chi connectivity index (χ0v) is 34.5. The molecule has 0 atom stereocenters. The van der Waals surface area contributed by atoms with Gasteiger partial charge >= 0.3 is 0 Å². The standard InChI is InChI=1S/C59H43N3/c1-59(2)53-38-41(30-34-47(53)50-35-36-51-48-22-12-15-25-55(48)62(58(51)57(50)59)44-20-10-5-11-21-44)27-26-40-28-31-45(32-29-40)60(42-16-6-3-7-17-42)46-33-37-56-52(39-46)49-23-13-14-24-54(49)61(56)43-18-8-4-9-19-43/h3-39H,1-2H3/b27-26+/i26D,27D. The van der Waals surface area contributed by atoms with Crippen molar-refractivity contribution < 1.29 is 2.74 Å². The Kier molecular flexibility index (Phi) is 7.72. The van der Waals surface area contributed by atoms with Crippen LogP contribution in [0.3, 0.4) is 0 Å². The van der Waals surface area contributed by atoms with Crippen LogP contribution in [-0.2, 0) is 5.41 Å². The van der Waals surface area contributed by atoms with Gasteiger partial charge in [0.2, 0.25) is 0 Å². The summed E-state index contributed by atoms with van der Waals surface area (Å²) in [6.07, 6.45) is 0. The molecule has 0 bridgehead atoms. The number of anilines is 3. The Balaban J connectivity index is 0.921. The van der Waals surface area contributed by atoms with Gasteiger partial charge in [0.15, 0.2) is 0 Å². The average Bonchev–Trinajstić information content (AvgIpc) is 3.94. The number of nitrogens with zero attached hydrogens (tertiary/aromatic N) is 3. The van der Waals surface area contributed by atoms with Gasteiger partial charge in [-0.25, -0.2) is 0 Å². The monoisotopic (exact) mass is 795 g/mol. The van der Waals surface area contributed by atoms with Gasteiger partial charge in [-0.3, -0.25) is 0 Å². The molecule has 0 unspecified atom stereocenters. The molecule has 2 heterocycles. The maximum atomic E-state index is 9.45. The first-order chi connectivity index (χ1) is 31.4. The third-order valence-electron chi connectivity index (χ3n) is 12.9. The SMILES string of the molecule is [2H]/C(=C(/[2H])c1ccc2c(c1)C(C)(C)c1c-2ccc2c3ccccc3n(-c3ccccc3)c12)c1ccc(N(c2ccccc2)c2ccc3c(c2)c2ccccc2n3-c2ccccc2)cc1. The van der Waals surface area contributed by atoms with Gasteiger partial charge in [-0.2, -0.15) is 0 Å². The molecular formula is C59H43N3. The highest BCUT2D eigenvalue weighted by atomic mass is 15.1. The second-order valence-corrected chi connectivity index (χ2v) is 16.8. The minimum absolute atomic E-state index is 0.188. The van der Waals surface area contributed by atoms with Crippen LogP contribution in [0.5, 0.6) is 0 Å². The molecule has 0 saturated heterocycles. The zero-order chi connectivity index (χ0) is 43.1. The Hall–Kier alpha value is -7.88. The van der Waals surface area contributed by atoms with Gasteiger partial charge in [0.25, 0.3) is 0 Å². The fourth-order valence-electron chi connectivity index (χ4n) is 10.1. The lowest BCUT2D eigenvalue weighted by Gasteiger charge is -2.25. The number of benzene rings is 9. The minimum Gasteiger partial charge on any atom is -0.310 e. The van der Waals surface area contributed by atoms with E-state index in [-0.39, 0.29) is 17.5 Å². The van der Waals surface area contributed by atoms with E-state index in [4.69, 9.17) is 0 Å². The van der Waals surface area contributed by atoms with E-state index >= 15 is 0 Å². The van der Waals surface area contributed by atoms with Gasteiger partial charge in [-0.15, -0.1) is 0 Å². The first-order valence-corrected chi connectivity index (χ1v) is 21.4. The van der Waals surface area contributed by atoms with Crippen molar-refractivity contribution in [3.63, 3.8) is 0 Å². The predicted octanol–water partition coefficient (Wildman–Crippen LogP) is 15.8. The fourth-order valence-corrected chi connectivity index (χ4v) is 10.1. The van der Waals surface area contributed by atoms with Gasteiger partial charge in [-0.05, 0) is 112 Å². The van der Waals surface area contributed by atoms with E-state index in [9.17, 15) is 2.74 Å². The number of fused-ring (bicyclic) bond motifs is 10. The molecule has 0 amide bonds. The molecule has 1 aliphatic rings. The lowest BCUT2D eigenvalue weighted by molar-refractivity contribution is 0.663. The molecule has 294 valence electrons. The molecule has 0 saturated carbocycles. The Morgan fingerprint density at radius 3 is 1.65 bits per heavy atom. The van der Waals surface area contributed by atoms with Crippen molar-refractivity contribution in [2.75, 3.05) is 4.90 Å². The highest BCUT2D eigenvalue weighted by Crippen LogP contribution is 2.53. The van der Waals surface area contributed by atoms with Crippen molar-refractivity contribution in [1.29, 1.82) is 0 Å². The van der Waals surface area contributed by atoms with Crippen molar-refractivity contribution in [1.82, 2.24) is 9.13 Å². The summed E-state index contributed by atoms with van der Waals surface area (Å²) in [4.78, 5) is 2.27. The molecule has 1 aliphatic carbocycles. The van der Waals surface area contributed by atoms with Crippen LogP contribution in [0.25, 0.3) is 78.2 Å². The van der Waals surface area contributed by atoms with E-state index in [0.29, 0.717) is 5.56 Å². The zero-order valence-electron chi connectivity index (χ0n) is 36.5. The number of hydrogen-bond donors (Lipinski definition) is 0. The van der Waals surface area contributed by atoms with Gasteiger partial charge in [-0.1, -0.05) is 159 Å². The summed E-state index contributed by atoms with van der Waals surface area (Å²) in [5.41, 5.74) is 16.0. The molecule has 9 aromatic carbocycles. The van der Waals surface area contributed by atoms with Crippen molar-refractivity contribution in [3.8, 4) is 22.5 Å². The molecule has 0 aliphatic heterocycles. The van der Waals surface area contributed by atoms with Gasteiger partial charge < -0.3 is 14.0 Å². The number of para-hydroxylation sites is 5. The second kappa shape index (κ2) is 14.1. The Morgan fingerprint density at radius 2 is 0.935 bits per heavy atom. The number of hydrogen-bond acceptors (Lipinski definition) is 1. The normalized spacial score (nSPS) is 13.8. The van der Waals surface area contributed by atoms with Crippen LogP contribution in [0.1, 0.15) is 38.8 Å². The van der Waals surface area contributed by atoms with Crippen LogP contribution in [0.15, 0.2) is 212 Å². The third kappa shape index (κ3) is 5.59. The van der Waals surface area contributed by atoms with E-state index in [1.807, 2.05) is 24.3 Å². The lowest BCUT2D eigenvalue weighted by atomic mass is 9.81. The van der Waals surface area contributed by atoms with Crippen LogP contribution in [0.4, 0.5) is 17.1 Å². The van der Waals surface area contributed by atoms with Crippen molar-refractivity contribution >= 4 is 72.8 Å². The van der Waals surface area contributed by atoms with E-state index < -0.39 is 0 Å². The Bertz CT molecular complexity index is 3640. The van der Waals surface area contributed by atoms with E-state index in [0.717, 1.165) is 45.0 Å². The van der Waals surface area contributed by atoms with E-state index in [1.54, 1.807) is 0 Å². The van der Waals surface area contributed by atoms with Crippen LogP contribution in [-0.4, -0.2) is 9.13 Å². The molecule has 3 heteroatoms. The third-order valence-corrected chi connectivity index (χ3v) is 12.9. The van der Waals surface area contributed by atoms with Crippen LogP contribution in [0.2, 0.25) is 0 Å². The largest absolute Gasteiger partial charge is 0.310 e. The van der Waals surface area contributed by atoms with Crippen LogP contribution >= 0.6 is 0 Å². The highest BCUT2D eigenvalue weighted by Gasteiger charge is 2.38. The molecule has 0 N–H and O–H groups in total. The van der Waals surface area contributed by atoms with Gasteiger partial charge in [0.05, 0.1) is 24.8 Å². The number of rotatable bonds is 7. The molecule has 0 spiro atoms. The number of aromatic nitrogens is 2. The topological polar surface area (TPSA) is 13.1 Å². The molecular weight excluding hydrogens is 751 g/mol. The van der Waals surface area contributed by atoms with E-state index in [1.165, 1.54) is 54.8 Å². The summed E-state index contributed by atoms with van der Waals surface area (Å²) < 4.78 is 23.6. The maximum absolute atomic E-state index is 9.45. The second-order valence-electron chi connectivity index (χ2n) is 16.8. The molecule has 3 nitrogen and oxygen atoms in total. The Morgan fingerprint density at radius 1 is 0.419 bits per heavy atom. The summed E-state index contributed by atoms with van der Waals surface area (Å²) in [5.74, 6) is 0. The van der Waals surface area contributed by atoms with Crippen molar-refractivity contribution in [2.45, 2.75) is 19.3 Å². The highest BCUT2D eigenvalue weighted by molar-refractivity contribution is 6.13. The lowest BCUT2D eigenvalue weighted by Crippen LogP contribution is -2.16. The van der Waals surface area contributed by atoms with Gasteiger partial charge in [0.1, 0.15) is 0 Å². The first-order valence-electron chi connectivity index (χ1n) is 22.4.